The molecule has 6 rings (SSSR count). The second-order valence-corrected chi connectivity index (χ2v) is 10.1. The number of nitrogens with one attached hydrogen (secondary N) is 3. The van der Waals surface area contributed by atoms with Crippen molar-refractivity contribution in [1.29, 1.82) is 0 Å². The number of thiocarbonyl (C=S) groups is 1. The Labute approximate surface area is 202 Å². The van der Waals surface area contributed by atoms with Gasteiger partial charge in [0.2, 0.25) is 0 Å². The minimum absolute atomic E-state index is 0.0766. The van der Waals surface area contributed by atoms with E-state index in [0.717, 1.165) is 54.4 Å². The summed E-state index contributed by atoms with van der Waals surface area (Å²) in [5.41, 5.74) is 2.21. The molecule has 2 bridgehead atoms. The maximum absolute atomic E-state index is 5.81. The molecule has 2 aromatic rings. The number of ether oxygens (including phenoxy) is 1. The molecule has 4 unspecified atom stereocenters. The zero-order valence-corrected chi connectivity index (χ0v) is 20.2. The fourth-order valence-corrected chi connectivity index (χ4v) is 6.20. The zero-order valence-electron chi connectivity index (χ0n) is 19.4. The summed E-state index contributed by atoms with van der Waals surface area (Å²) in [4.78, 5) is 7.26. The Kier molecular flexibility index (Phi) is 6.81. The first-order valence-electron chi connectivity index (χ1n) is 12.2. The third-order valence-electron chi connectivity index (χ3n) is 7.81. The van der Waals surface area contributed by atoms with Crippen molar-refractivity contribution in [3.63, 3.8) is 0 Å². The quantitative estimate of drug-likeness (QED) is 0.428. The first kappa shape index (κ1) is 22.6. The molecule has 6 nitrogen and oxygen atoms in total. The van der Waals surface area contributed by atoms with Gasteiger partial charge in [-0.2, -0.15) is 0 Å². The molecule has 3 N–H and O–H groups in total. The van der Waals surface area contributed by atoms with Crippen molar-refractivity contribution in [3.8, 4) is 5.75 Å². The Bertz CT molecular complexity index is 1010. The average Bonchev–Trinajstić information content (AvgIpc) is 3.39. The summed E-state index contributed by atoms with van der Waals surface area (Å²) in [6.45, 7) is 8.27. The molecule has 0 saturated carbocycles. The van der Waals surface area contributed by atoms with Crippen LogP contribution < -0.4 is 20.7 Å². The molecule has 5 heterocycles. The van der Waals surface area contributed by atoms with Crippen LogP contribution in [0.4, 0.5) is 0 Å². The highest BCUT2D eigenvalue weighted by molar-refractivity contribution is 7.80. The molecule has 4 aliphatic rings. The van der Waals surface area contributed by atoms with Crippen LogP contribution in [0.25, 0.3) is 10.9 Å². The Morgan fingerprint density at radius 2 is 2.30 bits per heavy atom. The first-order chi connectivity index (χ1) is 16.2. The summed E-state index contributed by atoms with van der Waals surface area (Å²) < 4.78 is 5.54. The lowest BCUT2D eigenvalue weighted by atomic mass is 9.73. The second-order valence-electron chi connectivity index (χ2n) is 9.65. The van der Waals surface area contributed by atoms with E-state index in [4.69, 9.17) is 17.0 Å². The van der Waals surface area contributed by atoms with Crippen molar-refractivity contribution < 1.29 is 4.74 Å². The predicted molar refractivity (Wildman–Crippen MR) is 138 cm³/mol. The van der Waals surface area contributed by atoms with Gasteiger partial charge in [0.05, 0.1) is 18.7 Å². The minimum atomic E-state index is 0.0766. The molecule has 33 heavy (non-hydrogen) atoms. The van der Waals surface area contributed by atoms with Crippen LogP contribution in [-0.2, 0) is 0 Å². The number of pyridine rings is 1. The monoisotopic (exact) mass is 465 g/mol. The van der Waals surface area contributed by atoms with E-state index in [1.807, 2.05) is 18.3 Å². The molecule has 1 aromatic carbocycles. The summed E-state index contributed by atoms with van der Waals surface area (Å²) in [6.07, 6.45) is 8.91. The van der Waals surface area contributed by atoms with Crippen molar-refractivity contribution in [2.75, 3.05) is 33.3 Å². The molecule has 1 aromatic heterocycles. The molecule has 4 aliphatic heterocycles. The number of fused-ring (bicyclic) bond motifs is 4. The van der Waals surface area contributed by atoms with Crippen LogP contribution in [0, 0.1) is 11.8 Å². The van der Waals surface area contributed by atoms with Gasteiger partial charge in [0.1, 0.15) is 5.75 Å². The Morgan fingerprint density at radius 3 is 3.03 bits per heavy atom. The van der Waals surface area contributed by atoms with Crippen LogP contribution in [0.2, 0.25) is 0 Å². The molecular formula is C26H35N5OS. The molecule has 4 saturated heterocycles. The standard InChI is InChI=1S/C26H35N5OS/c1-3-17-16-31-12-9-18(17)13-24(31)25(30-26(33)29-15-19-5-4-10-27-19)21-8-11-28-23-7-6-20(32-2)14-22(21)23/h3,6-8,11,14,17-19,24-25,27H,1,4-5,9-10,12-13,15-16H2,2H3,(H2,29,30,33)/t17?,18?,19-,24?,25-/m0/s1. The van der Waals surface area contributed by atoms with Crippen molar-refractivity contribution in [3.05, 3.63) is 48.7 Å². The molecule has 7 heteroatoms. The van der Waals surface area contributed by atoms with Crippen LogP contribution in [0.1, 0.15) is 37.3 Å². The molecule has 0 aliphatic carbocycles. The molecule has 0 spiro atoms. The highest BCUT2D eigenvalue weighted by atomic mass is 32.1. The number of piperidine rings is 3. The number of aromatic nitrogens is 1. The van der Waals surface area contributed by atoms with Gasteiger partial charge < -0.3 is 20.7 Å². The van der Waals surface area contributed by atoms with Crippen molar-refractivity contribution in [1.82, 2.24) is 25.8 Å². The summed E-state index contributed by atoms with van der Waals surface area (Å²) in [5.74, 6) is 2.12. The van der Waals surface area contributed by atoms with E-state index in [1.165, 1.54) is 24.8 Å². The van der Waals surface area contributed by atoms with Crippen LogP contribution in [0.5, 0.6) is 5.75 Å². The van der Waals surface area contributed by atoms with Gasteiger partial charge in [-0.15, -0.1) is 6.58 Å². The molecule has 6 atom stereocenters. The van der Waals surface area contributed by atoms with E-state index in [0.29, 0.717) is 23.9 Å². The summed E-state index contributed by atoms with van der Waals surface area (Å²) in [5, 5.41) is 12.6. The Morgan fingerprint density at radius 1 is 1.39 bits per heavy atom. The maximum Gasteiger partial charge on any atom is 0.166 e. The van der Waals surface area contributed by atoms with Crippen LogP contribution in [0.3, 0.4) is 0 Å². The topological polar surface area (TPSA) is 61.5 Å². The normalized spacial score (nSPS) is 29.5. The van der Waals surface area contributed by atoms with E-state index in [1.54, 1.807) is 7.11 Å². The van der Waals surface area contributed by atoms with Crippen molar-refractivity contribution in [2.24, 2.45) is 11.8 Å². The second kappa shape index (κ2) is 9.95. The summed E-state index contributed by atoms with van der Waals surface area (Å²) in [6, 6.07) is 9.22. The lowest BCUT2D eigenvalue weighted by Crippen LogP contribution is -2.58. The van der Waals surface area contributed by atoms with Crippen molar-refractivity contribution >= 4 is 28.2 Å². The van der Waals surface area contributed by atoms with E-state index in [9.17, 15) is 0 Å². The van der Waals surface area contributed by atoms with Gasteiger partial charge in [-0.05, 0) is 92.7 Å². The number of nitrogens with zero attached hydrogens (tertiary/aromatic N) is 2. The highest BCUT2D eigenvalue weighted by Gasteiger charge is 2.43. The number of methoxy groups -OCH3 is 1. The zero-order chi connectivity index (χ0) is 22.8. The average molecular weight is 466 g/mol. The number of hydrogen-bond acceptors (Lipinski definition) is 5. The maximum atomic E-state index is 5.81. The fraction of sp³-hybridized carbons (Fsp3) is 0.538. The third kappa shape index (κ3) is 4.72. The molecule has 0 amide bonds. The minimum Gasteiger partial charge on any atom is -0.497 e. The molecule has 0 radical (unpaired) electrons. The van der Waals surface area contributed by atoms with Crippen LogP contribution >= 0.6 is 12.2 Å². The number of benzene rings is 1. The van der Waals surface area contributed by atoms with E-state index >= 15 is 0 Å². The van der Waals surface area contributed by atoms with Gasteiger partial charge in [-0.1, -0.05) is 6.08 Å². The van der Waals surface area contributed by atoms with Gasteiger partial charge in [-0.3, -0.25) is 9.88 Å². The summed E-state index contributed by atoms with van der Waals surface area (Å²) >= 11 is 5.81. The van der Waals surface area contributed by atoms with Crippen LogP contribution in [0.15, 0.2) is 43.1 Å². The van der Waals surface area contributed by atoms with Gasteiger partial charge in [0, 0.05) is 36.8 Å². The van der Waals surface area contributed by atoms with Gasteiger partial charge >= 0.3 is 0 Å². The smallest absolute Gasteiger partial charge is 0.166 e. The largest absolute Gasteiger partial charge is 0.497 e. The SMILES string of the molecule is C=CC1CN2CCC1CC2[C@@H](NC(=S)NC[C@@H]1CCCN1)c1ccnc2ccc(OC)cc12. The Balaban J connectivity index is 1.45. The molecule has 176 valence electrons. The van der Waals surface area contributed by atoms with Gasteiger partial charge in [0.15, 0.2) is 5.11 Å². The van der Waals surface area contributed by atoms with E-state index in [2.05, 4.69) is 50.6 Å². The highest BCUT2D eigenvalue weighted by Crippen LogP contribution is 2.42. The fourth-order valence-electron chi connectivity index (χ4n) is 5.99. The lowest BCUT2D eigenvalue weighted by molar-refractivity contribution is 0.00429. The molecular weight excluding hydrogens is 430 g/mol. The number of rotatable bonds is 7. The Hall–Kier alpha value is -2.22. The van der Waals surface area contributed by atoms with Gasteiger partial charge in [0.25, 0.3) is 0 Å². The van der Waals surface area contributed by atoms with Crippen molar-refractivity contribution in [2.45, 2.75) is 43.8 Å². The summed E-state index contributed by atoms with van der Waals surface area (Å²) in [7, 11) is 1.71. The molecule has 4 fully saturated rings. The predicted octanol–water partition coefficient (Wildman–Crippen LogP) is 3.40. The first-order valence-corrected chi connectivity index (χ1v) is 12.6. The lowest BCUT2D eigenvalue weighted by Gasteiger charge is -2.52. The van der Waals surface area contributed by atoms with Crippen LogP contribution in [-0.4, -0.2) is 60.4 Å². The van der Waals surface area contributed by atoms with Gasteiger partial charge in [-0.25, -0.2) is 0 Å². The van der Waals surface area contributed by atoms with E-state index in [-0.39, 0.29) is 6.04 Å². The third-order valence-corrected chi connectivity index (χ3v) is 8.08. The van der Waals surface area contributed by atoms with E-state index < -0.39 is 0 Å². The number of hydrogen-bond donors (Lipinski definition) is 3.